The number of aryl methyl sites for hydroxylation is 1. The Kier molecular flexibility index (Phi) is 6.01. The lowest BCUT2D eigenvalue weighted by atomic mass is 10.2. The summed E-state index contributed by atoms with van der Waals surface area (Å²) in [5, 5.41) is 6.77. The molecule has 1 fully saturated rings. The molecule has 0 radical (unpaired) electrons. The zero-order valence-electron chi connectivity index (χ0n) is 11.4. The van der Waals surface area contributed by atoms with Crippen molar-refractivity contribution in [3.63, 3.8) is 0 Å². The second kappa shape index (κ2) is 7.76. The summed E-state index contributed by atoms with van der Waals surface area (Å²) in [5.41, 5.74) is 1.02. The first-order valence-electron chi connectivity index (χ1n) is 6.64. The van der Waals surface area contributed by atoms with E-state index in [4.69, 9.17) is 16.3 Å². The van der Waals surface area contributed by atoms with Crippen LogP contribution < -0.4 is 15.4 Å². The summed E-state index contributed by atoms with van der Waals surface area (Å²) in [6.45, 7) is 3.18. The first-order valence-corrected chi connectivity index (χ1v) is 8.18. The van der Waals surface area contributed by atoms with Gasteiger partial charge in [-0.2, -0.15) is 0 Å². The fourth-order valence-corrected chi connectivity index (χ4v) is 3.10. The minimum atomic E-state index is -0.0422. The Hall–Kier alpha value is -0.910. The van der Waals surface area contributed by atoms with Crippen LogP contribution in [0.25, 0.3) is 0 Å². The largest absolute Gasteiger partial charge is 0.493 e. The Morgan fingerprint density at radius 1 is 1.60 bits per heavy atom. The van der Waals surface area contributed by atoms with Gasteiger partial charge in [0, 0.05) is 23.2 Å². The molecule has 2 N–H and O–H groups in total. The number of amides is 1. The van der Waals surface area contributed by atoms with Crippen molar-refractivity contribution in [2.75, 3.05) is 24.8 Å². The van der Waals surface area contributed by atoms with E-state index in [1.54, 1.807) is 11.8 Å². The Balaban J connectivity index is 1.62. The summed E-state index contributed by atoms with van der Waals surface area (Å²) in [6.07, 6.45) is 0.785. The van der Waals surface area contributed by atoms with Crippen molar-refractivity contribution >= 4 is 29.3 Å². The molecule has 0 spiro atoms. The van der Waals surface area contributed by atoms with E-state index in [-0.39, 0.29) is 11.9 Å². The van der Waals surface area contributed by atoms with Gasteiger partial charge in [-0.05, 0) is 37.1 Å². The zero-order valence-corrected chi connectivity index (χ0v) is 13.0. The van der Waals surface area contributed by atoms with Crippen LogP contribution in [-0.4, -0.2) is 36.7 Å². The Morgan fingerprint density at radius 2 is 2.45 bits per heavy atom. The highest BCUT2D eigenvalue weighted by atomic mass is 35.5. The average Bonchev–Trinajstić information content (AvgIpc) is 2.94. The van der Waals surface area contributed by atoms with Gasteiger partial charge in [-0.3, -0.25) is 10.1 Å². The van der Waals surface area contributed by atoms with E-state index in [0.29, 0.717) is 18.2 Å². The summed E-state index contributed by atoms with van der Waals surface area (Å²) in [7, 11) is 0. The van der Waals surface area contributed by atoms with Crippen molar-refractivity contribution in [1.82, 2.24) is 10.6 Å². The third-order valence-electron chi connectivity index (χ3n) is 3.05. The normalized spacial score (nSPS) is 18.0. The van der Waals surface area contributed by atoms with Crippen LogP contribution in [0.5, 0.6) is 5.75 Å². The quantitative estimate of drug-likeness (QED) is 0.790. The van der Waals surface area contributed by atoms with Gasteiger partial charge in [0.15, 0.2) is 0 Å². The van der Waals surface area contributed by atoms with Gasteiger partial charge in [0.1, 0.15) is 5.75 Å². The van der Waals surface area contributed by atoms with Crippen molar-refractivity contribution in [2.24, 2.45) is 0 Å². The predicted octanol–water partition coefficient (Wildman–Crippen LogP) is 2.20. The highest BCUT2D eigenvalue weighted by molar-refractivity contribution is 7.99. The van der Waals surface area contributed by atoms with Gasteiger partial charge in [0.05, 0.1) is 12.6 Å². The highest BCUT2D eigenvalue weighted by Crippen LogP contribution is 2.21. The molecular weight excluding hydrogens is 296 g/mol. The number of hydrogen-bond donors (Lipinski definition) is 2. The number of carbonyl (C=O) groups is 1. The van der Waals surface area contributed by atoms with E-state index in [1.807, 2.05) is 25.1 Å². The van der Waals surface area contributed by atoms with Crippen molar-refractivity contribution in [2.45, 2.75) is 19.4 Å². The number of halogens is 1. The number of carbonyl (C=O) groups excluding carboxylic acids is 1. The van der Waals surface area contributed by atoms with Crippen LogP contribution in [0, 0.1) is 6.92 Å². The number of benzene rings is 1. The van der Waals surface area contributed by atoms with Gasteiger partial charge in [0.2, 0.25) is 5.91 Å². The monoisotopic (exact) mass is 314 g/mol. The summed E-state index contributed by atoms with van der Waals surface area (Å²) in [5.74, 6) is 2.64. The van der Waals surface area contributed by atoms with E-state index in [9.17, 15) is 4.79 Å². The molecule has 1 aliphatic rings. The second-order valence-corrected chi connectivity index (χ2v) is 6.14. The number of nitrogens with one attached hydrogen (secondary N) is 2. The average molecular weight is 315 g/mol. The summed E-state index contributed by atoms with van der Waals surface area (Å²) in [4.78, 5) is 11.7. The molecule has 1 saturated heterocycles. The molecule has 0 bridgehead atoms. The third-order valence-corrected chi connectivity index (χ3v) is 4.22. The molecule has 1 heterocycles. The molecule has 1 atom stereocenters. The predicted molar refractivity (Wildman–Crippen MR) is 83.6 cm³/mol. The summed E-state index contributed by atoms with van der Waals surface area (Å²) < 4.78 is 5.67. The molecule has 0 aromatic heterocycles. The zero-order chi connectivity index (χ0) is 14.4. The summed E-state index contributed by atoms with van der Waals surface area (Å²) >= 11 is 7.63. The Labute approximate surface area is 128 Å². The molecule has 1 aromatic carbocycles. The number of rotatable bonds is 6. The fourth-order valence-electron chi connectivity index (χ4n) is 1.93. The maximum atomic E-state index is 11.7. The molecule has 4 nitrogen and oxygen atoms in total. The van der Waals surface area contributed by atoms with E-state index in [0.717, 1.165) is 29.4 Å². The third kappa shape index (κ3) is 4.58. The maximum Gasteiger partial charge on any atom is 0.238 e. The SMILES string of the molecule is Cc1cc(Cl)ccc1OCCCNC(=O)C1CSCN1. The second-order valence-electron chi connectivity index (χ2n) is 4.67. The van der Waals surface area contributed by atoms with E-state index >= 15 is 0 Å². The lowest BCUT2D eigenvalue weighted by Crippen LogP contribution is -2.42. The summed E-state index contributed by atoms with van der Waals surface area (Å²) in [6, 6.07) is 5.52. The van der Waals surface area contributed by atoms with Crippen LogP contribution in [0.2, 0.25) is 5.02 Å². The molecule has 0 saturated carbocycles. The first kappa shape index (κ1) is 15.5. The minimum absolute atomic E-state index is 0.0422. The van der Waals surface area contributed by atoms with E-state index in [2.05, 4.69) is 10.6 Å². The maximum absolute atomic E-state index is 11.7. The molecule has 0 aliphatic carbocycles. The Morgan fingerprint density at radius 3 is 3.15 bits per heavy atom. The molecular formula is C14H19ClN2O2S. The molecule has 2 rings (SSSR count). The van der Waals surface area contributed by atoms with Crippen molar-refractivity contribution in [3.05, 3.63) is 28.8 Å². The number of thioether (sulfide) groups is 1. The van der Waals surface area contributed by atoms with Gasteiger partial charge < -0.3 is 10.1 Å². The van der Waals surface area contributed by atoms with Gasteiger partial charge in [-0.15, -0.1) is 11.8 Å². The smallest absolute Gasteiger partial charge is 0.238 e. The van der Waals surface area contributed by atoms with Crippen LogP contribution in [0.4, 0.5) is 0 Å². The molecule has 1 aliphatic heterocycles. The molecule has 20 heavy (non-hydrogen) atoms. The number of hydrogen-bond acceptors (Lipinski definition) is 4. The molecule has 1 aromatic rings. The lowest BCUT2D eigenvalue weighted by molar-refractivity contribution is -0.122. The van der Waals surface area contributed by atoms with Gasteiger partial charge in [-0.25, -0.2) is 0 Å². The highest BCUT2D eigenvalue weighted by Gasteiger charge is 2.21. The topological polar surface area (TPSA) is 50.4 Å². The van der Waals surface area contributed by atoms with Crippen molar-refractivity contribution in [3.8, 4) is 5.75 Å². The van der Waals surface area contributed by atoms with Crippen LogP contribution >= 0.6 is 23.4 Å². The van der Waals surface area contributed by atoms with Gasteiger partial charge in [-0.1, -0.05) is 11.6 Å². The van der Waals surface area contributed by atoms with Crippen molar-refractivity contribution in [1.29, 1.82) is 0 Å². The van der Waals surface area contributed by atoms with Gasteiger partial charge in [0.25, 0.3) is 0 Å². The van der Waals surface area contributed by atoms with Crippen molar-refractivity contribution < 1.29 is 9.53 Å². The molecule has 110 valence electrons. The van der Waals surface area contributed by atoms with Crippen LogP contribution in [0.15, 0.2) is 18.2 Å². The minimum Gasteiger partial charge on any atom is -0.493 e. The Bertz CT molecular complexity index is 464. The standard InChI is InChI=1S/C14H19ClN2O2S/c1-10-7-11(15)3-4-13(10)19-6-2-5-16-14(18)12-8-20-9-17-12/h3-4,7,12,17H,2,5-6,8-9H2,1H3,(H,16,18). The van der Waals surface area contributed by atoms with Crippen LogP contribution in [0.3, 0.4) is 0 Å². The van der Waals surface area contributed by atoms with Gasteiger partial charge >= 0.3 is 0 Å². The lowest BCUT2D eigenvalue weighted by Gasteiger charge is -2.12. The molecule has 6 heteroatoms. The van der Waals surface area contributed by atoms with E-state index < -0.39 is 0 Å². The van der Waals surface area contributed by atoms with Crippen LogP contribution in [-0.2, 0) is 4.79 Å². The van der Waals surface area contributed by atoms with Crippen LogP contribution in [0.1, 0.15) is 12.0 Å². The first-order chi connectivity index (χ1) is 9.66. The number of ether oxygens (including phenoxy) is 1. The van der Waals surface area contributed by atoms with E-state index in [1.165, 1.54) is 0 Å². The fraction of sp³-hybridized carbons (Fsp3) is 0.500. The molecule has 1 amide bonds. The molecule has 1 unspecified atom stereocenters.